The summed E-state index contributed by atoms with van der Waals surface area (Å²) in [5, 5.41) is 3.23. The number of rotatable bonds is 7. The van der Waals surface area contributed by atoms with E-state index in [2.05, 4.69) is 15.3 Å². The van der Waals surface area contributed by atoms with Gasteiger partial charge in [-0.25, -0.2) is 14.8 Å². The largest absolute Gasteiger partial charge is 0.462 e. The monoisotopic (exact) mass is 394 g/mol. The standard InChI is InChI=1S/C17H19ClN4O3S/c1-3-13(15(23)21-11-7-5-6-10(18)8-11)26-17-20-9-12(14(19)22-17)16(24)25-4-2/h5-9,13H,3-4H2,1-2H3,(H,21,23)(H2,19,20,22)/t13-/m0/s1. The molecular formula is C17H19ClN4O3S. The molecule has 0 aliphatic carbocycles. The van der Waals surface area contributed by atoms with Crippen LogP contribution in [0, 0.1) is 0 Å². The van der Waals surface area contributed by atoms with Gasteiger partial charge in [0, 0.05) is 16.9 Å². The third-order valence-electron chi connectivity index (χ3n) is 3.29. The molecule has 1 atom stereocenters. The summed E-state index contributed by atoms with van der Waals surface area (Å²) >= 11 is 7.09. The van der Waals surface area contributed by atoms with Gasteiger partial charge in [-0.2, -0.15) is 0 Å². The summed E-state index contributed by atoms with van der Waals surface area (Å²) in [7, 11) is 0. The van der Waals surface area contributed by atoms with E-state index >= 15 is 0 Å². The van der Waals surface area contributed by atoms with E-state index in [1.807, 2.05) is 6.92 Å². The Morgan fingerprint density at radius 3 is 2.77 bits per heavy atom. The average molecular weight is 395 g/mol. The van der Waals surface area contributed by atoms with Crippen molar-refractivity contribution in [3.8, 4) is 0 Å². The minimum Gasteiger partial charge on any atom is -0.462 e. The van der Waals surface area contributed by atoms with Gasteiger partial charge in [0.25, 0.3) is 0 Å². The van der Waals surface area contributed by atoms with Crippen molar-refractivity contribution >= 4 is 46.7 Å². The van der Waals surface area contributed by atoms with Crippen LogP contribution in [-0.4, -0.2) is 33.7 Å². The zero-order valence-corrected chi connectivity index (χ0v) is 15.9. The van der Waals surface area contributed by atoms with Crippen molar-refractivity contribution in [2.24, 2.45) is 0 Å². The number of carbonyl (C=O) groups is 2. The van der Waals surface area contributed by atoms with E-state index in [4.69, 9.17) is 22.1 Å². The smallest absolute Gasteiger partial charge is 0.343 e. The zero-order chi connectivity index (χ0) is 19.1. The molecule has 0 aliphatic rings. The molecule has 0 aliphatic heterocycles. The number of nitrogens with zero attached hydrogens (tertiary/aromatic N) is 2. The maximum Gasteiger partial charge on any atom is 0.343 e. The quantitative estimate of drug-likeness (QED) is 0.421. The van der Waals surface area contributed by atoms with Crippen LogP contribution in [0.15, 0.2) is 35.6 Å². The maximum atomic E-state index is 12.5. The molecule has 0 bridgehead atoms. The molecule has 2 rings (SSSR count). The Morgan fingerprint density at radius 1 is 1.38 bits per heavy atom. The Kier molecular flexibility index (Phi) is 7.23. The second-order valence-corrected chi connectivity index (χ2v) is 6.79. The van der Waals surface area contributed by atoms with Crippen molar-refractivity contribution in [3.05, 3.63) is 41.0 Å². The van der Waals surface area contributed by atoms with E-state index in [-0.39, 0.29) is 23.9 Å². The predicted octanol–water partition coefficient (Wildman–Crippen LogP) is 3.40. The molecule has 1 aromatic heterocycles. The average Bonchev–Trinajstić information content (AvgIpc) is 2.59. The highest BCUT2D eigenvalue weighted by atomic mass is 35.5. The van der Waals surface area contributed by atoms with E-state index in [0.29, 0.717) is 22.3 Å². The first-order valence-electron chi connectivity index (χ1n) is 7.97. The summed E-state index contributed by atoms with van der Waals surface area (Å²) in [6, 6.07) is 6.90. The lowest BCUT2D eigenvalue weighted by Crippen LogP contribution is -2.25. The highest BCUT2D eigenvalue weighted by Crippen LogP contribution is 2.25. The number of nitrogen functional groups attached to an aromatic ring is 1. The highest BCUT2D eigenvalue weighted by molar-refractivity contribution is 8.00. The van der Waals surface area contributed by atoms with Crippen LogP contribution in [0.2, 0.25) is 5.02 Å². The third-order valence-corrected chi connectivity index (χ3v) is 4.77. The minimum atomic E-state index is -0.577. The molecule has 0 unspecified atom stereocenters. The summed E-state index contributed by atoms with van der Waals surface area (Å²) in [5.74, 6) is -0.755. The minimum absolute atomic E-state index is 0.0195. The van der Waals surface area contributed by atoms with E-state index in [0.717, 1.165) is 0 Å². The van der Waals surface area contributed by atoms with Gasteiger partial charge in [-0.15, -0.1) is 0 Å². The lowest BCUT2D eigenvalue weighted by atomic mass is 10.3. The number of thioether (sulfide) groups is 1. The van der Waals surface area contributed by atoms with Crippen LogP contribution < -0.4 is 11.1 Å². The van der Waals surface area contributed by atoms with Gasteiger partial charge in [0.1, 0.15) is 11.4 Å². The van der Waals surface area contributed by atoms with E-state index in [1.165, 1.54) is 18.0 Å². The lowest BCUT2D eigenvalue weighted by Gasteiger charge is -2.14. The molecule has 0 radical (unpaired) electrons. The summed E-state index contributed by atoms with van der Waals surface area (Å²) in [4.78, 5) is 32.4. The van der Waals surface area contributed by atoms with Gasteiger partial charge in [-0.1, -0.05) is 36.4 Å². The normalized spacial score (nSPS) is 11.7. The summed E-state index contributed by atoms with van der Waals surface area (Å²) < 4.78 is 4.88. The fourth-order valence-corrected chi connectivity index (χ4v) is 3.08. The molecule has 7 nitrogen and oxygen atoms in total. The predicted molar refractivity (Wildman–Crippen MR) is 102 cm³/mol. The number of nitrogens with two attached hydrogens (primary N) is 1. The molecule has 9 heteroatoms. The number of hydrogen-bond acceptors (Lipinski definition) is 7. The van der Waals surface area contributed by atoms with Crippen LogP contribution in [0.25, 0.3) is 0 Å². The van der Waals surface area contributed by atoms with E-state index in [9.17, 15) is 9.59 Å². The number of anilines is 2. The van der Waals surface area contributed by atoms with Gasteiger partial charge >= 0.3 is 5.97 Å². The first-order valence-corrected chi connectivity index (χ1v) is 9.23. The Morgan fingerprint density at radius 2 is 2.15 bits per heavy atom. The Bertz CT molecular complexity index is 803. The third kappa shape index (κ3) is 5.34. The summed E-state index contributed by atoms with van der Waals surface area (Å²) in [6.45, 7) is 3.81. The van der Waals surface area contributed by atoms with Gasteiger partial charge in [-0.05, 0) is 31.5 Å². The number of benzene rings is 1. The number of aromatic nitrogens is 2. The number of carbonyl (C=O) groups excluding carboxylic acids is 2. The second-order valence-electron chi connectivity index (χ2n) is 5.19. The van der Waals surface area contributed by atoms with Gasteiger partial charge in [0.05, 0.1) is 11.9 Å². The van der Waals surface area contributed by atoms with Crippen molar-refractivity contribution in [1.82, 2.24) is 9.97 Å². The Hall–Kier alpha value is -2.32. The fraction of sp³-hybridized carbons (Fsp3) is 0.294. The van der Waals surface area contributed by atoms with Crippen molar-refractivity contribution in [1.29, 1.82) is 0 Å². The van der Waals surface area contributed by atoms with Gasteiger partial charge in [0.15, 0.2) is 5.16 Å². The molecule has 0 saturated carbocycles. The van der Waals surface area contributed by atoms with Crippen LogP contribution in [0.1, 0.15) is 30.6 Å². The maximum absolute atomic E-state index is 12.5. The van der Waals surface area contributed by atoms with Gasteiger partial charge < -0.3 is 15.8 Å². The van der Waals surface area contributed by atoms with Gasteiger partial charge in [0.2, 0.25) is 5.91 Å². The molecule has 0 saturated heterocycles. The first kappa shape index (κ1) is 20.0. The van der Waals surface area contributed by atoms with Crippen molar-refractivity contribution < 1.29 is 14.3 Å². The highest BCUT2D eigenvalue weighted by Gasteiger charge is 2.21. The molecule has 2 aromatic rings. The van der Waals surface area contributed by atoms with E-state index in [1.54, 1.807) is 31.2 Å². The van der Waals surface area contributed by atoms with Gasteiger partial charge in [-0.3, -0.25) is 4.79 Å². The zero-order valence-electron chi connectivity index (χ0n) is 14.4. The molecular weight excluding hydrogens is 376 g/mol. The van der Waals surface area contributed by atoms with Crippen molar-refractivity contribution in [3.63, 3.8) is 0 Å². The fourth-order valence-electron chi connectivity index (χ4n) is 2.04. The number of amides is 1. The number of nitrogens with one attached hydrogen (secondary N) is 1. The van der Waals surface area contributed by atoms with Crippen LogP contribution >= 0.6 is 23.4 Å². The molecule has 1 amide bonds. The SMILES string of the molecule is CCOC(=O)c1cnc(S[C@@H](CC)C(=O)Nc2cccc(Cl)c2)nc1N. The molecule has 138 valence electrons. The number of esters is 1. The summed E-state index contributed by atoms with van der Waals surface area (Å²) in [6.07, 6.45) is 1.87. The van der Waals surface area contributed by atoms with Crippen molar-refractivity contribution in [2.75, 3.05) is 17.7 Å². The number of halogens is 1. The van der Waals surface area contributed by atoms with Crippen LogP contribution in [0.5, 0.6) is 0 Å². The molecule has 0 spiro atoms. The Labute approximate surface area is 160 Å². The topological polar surface area (TPSA) is 107 Å². The van der Waals surface area contributed by atoms with Crippen molar-refractivity contribution in [2.45, 2.75) is 30.7 Å². The molecule has 1 heterocycles. The number of hydrogen-bond donors (Lipinski definition) is 2. The van der Waals surface area contributed by atoms with Crippen LogP contribution in [0.4, 0.5) is 11.5 Å². The molecule has 26 heavy (non-hydrogen) atoms. The first-order chi connectivity index (χ1) is 12.4. The second kappa shape index (κ2) is 9.40. The Balaban J connectivity index is 2.08. The molecule has 0 fully saturated rings. The van der Waals surface area contributed by atoms with Crippen LogP contribution in [-0.2, 0) is 9.53 Å². The van der Waals surface area contributed by atoms with E-state index < -0.39 is 11.2 Å². The van der Waals surface area contributed by atoms with Crippen LogP contribution in [0.3, 0.4) is 0 Å². The molecule has 1 aromatic carbocycles. The number of ether oxygens (including phenoxy) is 1. The lowest BCUT2D eigenvalue weighted by molar-refractivity contribution is -0.115. The molecule has 3 N–H and O–H groups in total. The summed E-state index contributed by atoms with van der Waals surface area (Å²) in [5.41, 5.74) is 6.52.